The predicted molar refractivity (Wildman–Crippen MR) is 175 cm³/mol. The van der Waals surface area contributed by atoms with E-state index in [9.17, 15) is 29.9 Å². The van der Waals surface area contributed by atoms with E-state index in [0.29, 0.717) is 37.6 Å². The van der Waals surface area contributed by atoms with Crippen LogP contribution < -0.4 is 16.2 Å². The number of aromatic hydroxyl groups is 1. The lowest BCUT2D eigenvalue weighted by Gasteiger charge is -2.43. The molecule has 0 saturated heterocycles. The lowest BCUT2D eigenvalue weighted by Crippen LogP contribution is -2.47. The van der Waals surface area contributed by atoms with E-state index >= 15 is 0 Å². The quantitative estimate of drug-likeness (QED) is 0.0960. The summed E-state index contributed by atoms with van der Waals surface area (Å²) in [5, 5.41) is 44.0. The number of hydroxylamine groups is 6. The van der Waals surface area contributed by atoms with E-state index < -0.39 is 28.4 Å². The van der Waals surface area contributed by atoms with Gasteiger partial charge in [-0.15, -0.1) is 0 Å². The molecule has 0 atom stereocenters. The second kappa shape index (κ2) is 16.2. The number of aromatic nitrogens is 1. The maximum absolute atomic E-state index is 13.9. The third-order valence-corrected chi connectivity index (χ3v) is 8.53. The van der Waals surface area contributed by atoms with E-state index in [2.05, 4.69) is 43.3 Å². The molecule has 4 N–H and O–H groups in total. The Morgan fingerprint density at radius 2 is 1.02 bits per heavy atom. The van der Waals surface area contributed by atoms with Gasteiger partial charge in [0.2, 0.25) is 11.6 Å². The van der Waals surface area contributed by atoms with Crippen molar-refractivity contribution in [3.05, 3.63) is 61.4 Å². The average Bonchev–Trinajstić information content (AvgIpc) is 3.01. The van der Waals surface area contributed by atoms with Crippen molar-refractivity contribution in [1.29, 1.82) is 0 Å². The standard InChI is InChI=1S/C33H51N5O6/c1-5-9-17-37(43,18-10-6-2)21-15-34-24-13-14-25(35-16-22-38(44,19-11-7-3)20-12-8-4)28-27(24)31(40)29-26(39)23-36-33(42)30(29)32(28)41/h13-14,23,34-35,39H,5-12,15-22H2,1-4H3,(H,36,42). The fourth-order valence-electron chi connectivity index (χ4n) is 5.83. The van der Waals surface area contributed by atoms with Gasteiger partial charge in [0, 0.05) is 17.6 Å². The summed E-state index contributed by atoms with van der Waals surface area (Å²) in [6.45, 7) is 11.4. The summed E-state index contributed by atoms with van der Waals surface area (Å²) < 4.78 is -0.682. The van der Waals surface area contributed by atoms with E-state index in [1.54, 1.807) is 12.1 Å². The molecule has 0 saturated carbocycles. The van der Waals surface area contributed by atoms with Crippen LogP contribution in [0.4, 0.5) is 11.4 Å². The number of nitrogens with zero attached hydrogens (tertiary/aromatic N) is 2. The molecule has 1 aliphatic carbocycles. The van der Waals surface area contributed by atoms with Crippen molar-refractivity contribution in [2.24, 2.45) is 0 Å². The third kappa shape index (κ3) is 8.47. The molecular weight excluding hydrogens is 562 g/mol. The molecule has 11 heteroatoms. The maximum Gasteiger partial charge on any atom is 0.260 e. The van der Waals surface area contributed by atoms with Gasteiger partial charge in [-0.2, -0.15) is 0 Å². The second-order valence-electron chi connectivity index (χ2n) is 12.0. The van der Waals surface area contributed by atoms with E-state index in [0.717, 1.165) is 57.6 Å². The number of anilines is 2. The van der Waals surface area contributed by atoms with Crippen molar-refractivity contribution in [2.45, 2.75) is 79.1 Å². The van der Waals surface area contributed by atoms with Crippen LogP contribution in [0.1, 0.15) is 111 Å². The Balaban J connectivity index is 1.95. The van der Waals surface area contributed by atoms with Gasteiger partial charge in [0.05, 0.1) is 69.0 Å². The van der Waals surface area contributed by atoms with Crippen LogP contribution in [0.15, 0.2) is 23.1 Å². The molecule has 44 heavy (non-hydrogen) atoms. The third-order valence-electron chi connectivity index (χ3n) is 8.53. The van der Waals surface area contributed by atoms with Gasteiger partial charge in [0.1, 0.15) is 11.3 Å². The first-order valence-corrected chi connectivity index (χ1v) is 16.4. The predicted octanol–water partition coefficient (Wildman–Crippen LogP) is 5.51. The van der Waals surface area contributed by atoms with Crippen molar-refractivity contribution in [3.63, 3.8) is 0 Å². The number of benzene rings is 1. The lowest BCUT2D eigenvalue weighted by atomic mass is 9.82. The number of nitrogens with one attached hydrogen (secondary N) is 3. The molecule has 0 unspecified atom stereocenters. The van der Waals surface area contributed by atoms with Gasteiger partial charge < -0.3 is 40.4 Å². The maximum atomic E-state index is 13.9. The molecule has 1 aromatic carbocycles. The lowest BCUT2D eigenvalue weighted by molar-refractivity contribution is -0.879. The highest BCUT2D eigenvalue weighted by Gasteiger charge is 2.38. The number of quaternary nitrogens is 2. The minimum Gasteiger partial charge on any atom is -0.633 e. The summed E-state index contributed by atoms with van der Waals surface area (Å²) in [7, 11) is 0. The second-order valence-corrected chi connectivity index (χ2v) is 12.0. The molecule has 1 aliphatic rings. The normalized spacial score (nSPS) is 13.1. The highest BCUT2D eigenvalue weighted by atomic mass is 16.5. The molecule has 0 bridgehead atoms. The molecular formula is C33H51N5O6. The Hall–Kier alpha value is -3.25. The molecule has 3 rings (SSSR count). The smallest absolute Gasteiger partial charge is 0.260 e. The molecule has 1 heterocycles. The number of ketones is 2. The first kappa shape index (κ1) is 35.2. The van der Waals surface area contributed by atoms with Crippen molar-refractivity contribution in [1.82, 2.24) is 4.98 Å². The average molecular weight is 614 g/mol. The molecule has 0 spiro atoms. The van der Waals surface area contributed by atoms with Gasteiger partial charge in [-0.1, -0.05) is 53.4 Å². The van der Waals surface area contributed by atoms with E-state index in [-0.39, 0.29) is 52.2 Å². The van der Waals surface area contributed by atoms with Crippen LogP contribution in [0.5, 0.6) is 5.75 Å². The number of hydrogen-bond donors (Lipinski definition) is 4. The molecule has 244 valence electrons. The summed E-state index contributed by atoms with van der Waals surface area (Å²) in [4.78, 5) is 42.8. The summed E-state index contributed by atoms with van der Waals surface area (Å²) in [6.07, 6.45) is 7.98. The Morgan fingerprint density at radius 3 is 1.41 bits per heavy atom. The van der Waals surface area contributed by atoms with E-state index in [1.165, 1.54) is 0 Å². The van der Waals surface area contributed by atoms with Gasteiger partial charge in [-0.05, 0) is 37.8 Å². The van der Waals surface area contributed by atoms with Gasteiger partial charge in [0.25, 0.3) is 5.56 Å². The van der Waals surface area contributed by atoms with Crippen LogP contribution in [0, 0.1) is 10.4 Å². The minimum absolute atomic E-state index is 0.0227. The Morgan fingerprint density at radius 1 is 0.636 bits per heavy atom. The number of hydrogen-bond acceptors (Lipinski definition) is 8. The summed E-state index contributed by atoms with van der Waals surface area (Å²) in [5.74, 6) is -1.82. The number of rotatable bonds is 20. The fraction of sp³-hybridized carbons (Fsp3) is 0.606. The molecule has 0 radical (unpaired) electrons. The Kier molecular flexibility index (Phi) is 12.9. The number of carbonyl (C=O) groups excluding carboxylic acids is 2. The zero-order valence-electron chi connectivity index (χ0n) is 26.9. The van der Waals surface area contributed by atoms with Gasteiger partial charge >= 0.3 is 0 Å². The van der Waals surface area contributed by atoms with Crippen molar-refractivity contribution in [2.75, 3.05) is 63.0 Å². The number of aromatic amines is 1. The number of pyridine rings is 1. The highest BCUT2D eigenvalue weighted by molar-refractivity contribution is 6.32. The first-order chi connectivity index (χ1) is 21.0. The summed E-state index contributed by atoms with van der Waals surface area (Å²) in [6, 6.07) is 3.34. The van der Waals surface area contributed by atoms with E-state index in [4.69, 9.17) is 0 Å². The largest absolute Gasteiger partial charge is 0.633 e. The van der Waals surface area contributed by atoms with Crippen molar-refractivity contribution in [3.8, 4) is 5.75 Å². The van der Waals surface area contributed by atoms with Gasteiger partial charge in [0.15, 0.2) is 0 Å². The van der Waals surface area contributed by atoms with Crippen LogP contribution >= 0.6 is 0 Å². The number of fused-ring (bicyclic) bond motifs is 2. The molecule has 1 aromatic heterocycles. The monoisotopic (exact) mass is 613 g/mol. The van der Waals surface area contributed by atoms with Crippen LogP contribution in [0.3, 0.4) is 0 Å². The summed E-state index contributed by atoms with van der Waals surface area (Å²) in [5.41, 5.74) is -0.742. The Labute approximate surface area is 261 Å². The van der Waals surface area contributed by atoms with Crippen LogP contribution in [-0.2, 0) is 0 Å². The van der Waals surface area contributed by atoms with Crippen LogP contribution in [-0.4, -0.2) is 83.3 Å². The minimum atomic E-state index is -0.763. The van der Waals surface area contributed by atoms with E-state index in [1.807, 2.05) is 0 Å². The van der Waals surface area contributed by atoms with Crippen LogP contribution in [0.2, 0.25) is 0 Å². The summed E-state index contributed by atoms with van der Waals surface area (Å²) >= 11 is 0. The van der Waals surface area contributed by atoms with Crippen molar-refractivity contribution >= 4 is 22.9 Å². The van der Waals surface area contributed by atoms with Gasteiger partial charge in [-0.3, -0.25) is 14.4 Å². The fourth-order valence-corrected chi connectivity index (χ4v) is 5.83. The molecule has 0 amide bonds. The number of H-pyrrole nitrogens is 1. The molecule has 2 aromatic rings. The number of carbonyl (C=O) groups is 2. The van der Waals surface area contributed by atoms with Crippen LogP contribution in [0.25, 0.3) is 0 Å². The molecule has 0 aliphatic heterocycles. The molecule has 0 fully saturated rings. The zero-order chi connectivity index (χ0) is 32.3. The SMILES string of the molecule is CCCC[N+]([O-])(CCCC)CCNc1ccc(NCC[N+]([O-])(CCCC)CCCC)c2c1C(=O)c1c(O)c[nH]c(=O)c1C2=O. The first-order valence-electron chi connectivity index (χ1n) is 16.4. The topological polar surface area (TPSA) is 157 Å². The van der Waals surface area contributed by atoms with Gasteiger partial charge in [-0.25, -0.2) is 0 Å². The zero-order valence-corrected chi connectivity index (χ0v) is 26.9. The number of unbranched alkanes of at least 4 members (excludes halogenated alkanes) is 4. The molecule has 11 nitrogen and oxygen atoms in total. The highest BCUT2D eigenvalue weighted by Crippen LogP contribution is 2.38. The van der Waals surface area contributed by atoms with Crippen molar-refractivity contribution < 1.29 is 24.0 Å². The Bertz CT molecular complexity index is 1320.